The van der Waals surface area contributed by atoms with Gasteiger partial charge >= 0.3 is 12.0 Å². The molecule has 0 aromatic carbocycles. The SMILES string of the molecule is NS(=O)(=O)CCCNC(=O)N[C@H]1CC[C@@H](C(=O)O)C1. The zero-order valence-electron chi connectivity index (χ0n) is 10.5. The van der Waals surface area contributed by atoms with Crippen LogP contribution in [0.5, 0.6) is 0 Å². The van der Waals surface area contributed by atoms with Crippen molar-refractivity contribution in [2.75, 3.05) is 12.3 Å². The summed E-state index contributed by atoms with van der Waals surface area (Å²) < 4.78 is 21.3. The van der Waals surface area contributed by atoms with Gasteiger partial charge in [-0.3, -0.25) is 4.79 Å². The third-order valence-electron chi connectivity index (χ3n) is 3.01. The van der Waals surface area contributed by atoms with E-state index < -0.39 is 27.9 Å². The van der Waals surface area contributed by atoms with E-state index in [2.05, 4.69) is 10.6 Å². The van der Waals surface area contributed by atoms with Crippen LogP contribution in [0.15, 0.2) is 0 Å². The summed E-state index contributed by atoms with van der Waals surface area (Å²) >= 11 is 0. The van der Waals surface area contributed by atoms with Crippen LogP contribution in [0.4, 0.5) is 4.79 Å². The number of aliphatic carboxylic acids is 1. The van der Waals surface area contributed by atoms with Gasteiger partial charge in [-0.15, -0.1) is 0 Å². The number of amides is 2. The van der Waals surface area contributed by atoms with Gasteiger partial charge in [-0.05, 0) is 25.7 Å². The summed E-state index contributed by atoms with van der Waals surface area (Å²) in [6.07, 6.45) is 1.88. The number of carbonyl (C=O) groups is 2. The second kappa shape index (κ2) is 6.71. The second-order valence-electron chi connectivity index (χ2n) is 4.67. The Labute approximate surface area is 111 Å². The molecular formula is C10H19N3O5S. The third-order valence-corrected chi connectivity index (χ3v) is 3.87. The van der Waals surface area contributed by atoms with Crippen LogP contribution in [-0.2, 0) is 14.8 Å². The van der Waals surface area contributed by atoms with Crippen molar-refractivity contribution in [3.8, 4) is 0 Å². The van der Waals surface area contributed by atoms with E-state index in [0.717, 1.165) is 0 Å². The van der Waals surface area contributed by atoms with E-state index in [1.54, 1.807) is 0 Å². The average Bonchev–Trinajstić information content (AvgIpc) is 2.71. The van der Waals surface area contributed by atoms with Crippen molar-refractivity contribution in [1.29, 1.82) is 0 Å². The minimum atomic E-state index is -3.50. The third kappa shape index (κ3) is 6.39. The van der Waals surface area contributed by atoms with Crippen LogP contribution in [0, 0.1) is 5.92 Å². The molecule has 0 heterocycles. The van der Waals surface area contributed by atoms with Crippen molar-refractivity contribution in [2.45, 2.75) is 31.7 Å². The summed E-state index contributed by atoms with van der Waals surface area (Å²) in [5, 5.41) is 18.8. The number of carbonyl (C=O) groups excluding carboxylic acids is 1. The number of urea groups is 1. The highest BCUT2D eigenvalue weighted by Gasteiger charge is 2.30. The standard InChI is InChI=1S/C10H19N3O5S/c11-19(17,18)5-1-4-12-10(16)13-8-3-2-7(6-8)9(14)15/h7-8H,1-6H2,(H,14,15)(H2,11,17,18)(H2,12,13,16)/t7-,8+/m1/s1. The van der Waals surface area contributed by atoms with Crippen LogP contribution in [0.25, 0.3) is 0 Å². The van der Waals surface area contributed by atoms with Crippen LogP contribution in [0.2, 0.25) is 0 Å². The average molecular weight is 293 g/mol. The Kier molecular flexibility index (Phi) is 5.55. The molecule has 2 atom stereocenters. The molecule has 1 saturated carbocycles. The van der Waals surface area contributed by atoms with Gasteiger partial charge in [0.15, 0.2) is 0 Å². The molecule has 8 nitrogen and oxygen atoms in total. The molecule has 1 aliphatic carbocycles. The fourth-order valence-electron chi connectivity index (χ4n) is 2.05. The van der Waals surface area contributed by atoms with Gasteiger partial charge < -0.3 is 15.7 Å². The summed E-state index contributed by atoms with van der Waals surface area (Å²) in [7, 11) is -3.50. The lowest BCUT2D eigenvalue weighted by Crippen LogP contribution is -2.41. The molecule has 1 aliphatic rings. The Bertz CT molecular complexity index is 436. The number of hydrogen-bond acceptors (Lipinski definition) is 4. The van der Waals surface area contributed by atoms with Gasteiger partial charge in [0.1, 0.15) is 0 Å². The Morgan fingerprint density at radius 3 is 2.53 bits per heavy atom. The molecule has 0 saturated heterocycles. The molecule has 1 fully saturated rings. The Balaban J connectivity index is 2.17. The van der Waals surface area contributed by atoms with Crippen molar-refractivity contribution in [2.24, 2.45) is 11.1 Å². The number of hydrogen-bond donors (Lipinski definition) is 4. The molecule has 0 radical (unpaired) electrons. The molecule has 1 rings (SSSR count). The zero-order valence-corrected chi connectivity index (χ0v) is 11.3. The predicted octanol–water partition coefficient (Wildman–Crippen LogP) is -0.782. The smallest absolute Gasteiger partial charge is 0.315 e. The number of carboxylic acid groups (broad SMARTS) is 1. The second-order valence-corrected chi connectivity index (χ2v) is 6.40. The molecule has 5 N–H and O–H groups in total. The first-order valence-electron chi connectivity index (χ1n) is 6.05. The summed E-state index contributed by atoms with van der Waals surface area (Å²) in [6, 6.07) is -0.551. The molecule has 0 unspecified atom stereocenters. The molecule has 0 aromatic rings. The van der Waals surface area contributed by atoms with Gasteiger partial charge in [0, 0.05) is 12.6 Å². The van der Waals surface area contributed by atoms with E-state index in [-0.39, 0.29) is 24.8 Å². The van der Waals surface area contributed by atoms with Crippen molar-refractivity contribution in [3.63, 3.8) is 0 Å². The molecular weight excluding hydrogens is 274 g/mol. The van der Waals surface area contributed by atoms with Crippen molar-refractivity contribution >= 4 is 22.0 Å². The van der Waals surface area contributed by atoms with Gasteiger partial charge in [-0.1, -0.05) is 0 Å². The molecule has 2 amide bonds. The fraction of sp³-hybridized carbons (Fsp3) is 0.800. The highest BCUT2D eigenvalue weighted by atomic mass is 32.2. The van der Waals surface area contributed by atoms with Crippen LogP contribution in [0.1, 0.15) is 25.7 Å². The number of primary sulfonamides is 1. The summed E-state index contributed by atoms with van der Waals surface area (Å²) in [4.78, 5) is 22.2. The lowest BCUT2D eigenvalue weighted by atomic mass is 10.1. The maximum Gasteiger partial charge on any atom is 0.315 e. The Morgan fingerprint density at radius 2 is 2.00 bits per heavy atom. The molecule has 0 aliphatic heterocycles. The summed E-state index contributed by atoms with van der Waals surface area (Å²) in [5.74, 6) is -1.41. The Morgan fingerprint density at radius 1 is 1.32 bits per heavy atom. The highest BCUT2D eigenvalue weighted by Crippen LogP contribution is 2.25. The maximum atomic E-state index is 11.4. The maximum absolute atomic E-state index is 11.4. The zero-order chi connectivity index (χ0) is 14.5. The van der Waals surface area contributed by atoms with Crippen molar-refractivity contribution < 1.29 is 23.1 Å². The predicted molar refractivity (Wildman–Crippen MR) is 67.9 cm³/mol. The molecule has 0 aromatic heterocycles. The van der Waals surface area contributed by atoms with Gasteiger partial charge in [0.05, 0.1) is 11.7 Å². The minimum absolute atomic E-state index is 0.139. The number of nitrogens with one attached hydrogen (secondary N) is 2. The van der Waals surface area contributed by atoms with Crippen molar-refractivity contribution in [1.82, 2.24) is 10.6 Å². The fourth-order valence-corrected chi connectivity index (χ4v) is 2.60. The summed E-state index contributed by atoms with van der Waals surface area (Å²) in [6.45, 7) is 0.206. The first-order valence-corrected chi connectivity index (χ1v) is 7.77. The lowest BCUT2D eigenvalue weighted by Gasteiger charge is -2.13. The van der Waals surface area contributed by atoms with Gasteiger partial charge in [-0.25, -0.2) is 18.4 Å². The van der Waals surface area contributed by atoms with Crippen LogP contribution in [-0.4, -0.2) is 43.9 Å². The molecule has 0 bridgehead atoms. The van der Waals surface area contributed by atoms with E-state index in [0.29, 0.717) is 19.3 Å². The molecule has 0 spiro atoms. The van der Waals surface area contributed by atoms with Gasteiger partial charge in [0.25, 0.3) is 0 Å². The quantitative estimate of drug-likeness (QED) is 0.476. The van der Waals surface area contributed by atoms with Crippen LogP contribution in [0.3, 0.4) is 0 Å². The number of sulfonamides is 1. The highest BCUT2D eigenvalue weighted by molar-refractivity contribution is 7.89. The first-order chi connectivity index (χ1) is 8.78. The van der Waals surface area contributed by atoms with E-state index in [9.17, 15) is 18.0 Å². The lowest BCUT2D eigenvalue weighted by molar-refractivity contribution is -0.141. The van der Waals surface area contributed by atoms with Crippen LogP contribution < -0.4 is 15.8 Å². The first kappa shape index (κ1) is 15.7. The van der Waals surface area contributed by atoms with E-state index in [4.69, 9.17) is 10.2 Å². The number of rotatable bonds is 6. The van der Waals surface area contributed by atoms with E-state index >= 15 is 0 Å². The Hall–Kier alpha value is -1.35. The largest absolute Gasteiger partial charge is 0.481 e. The van der Waals surface area contributed by atoms with Crippen molar-refractivity contribution in [3.05, 3.63) is 0 Å². The van der Waals surface area contributed by atoms with Gasteiger partial charge in [0.2, 0.25) is 10.0 Å². The van der Waals surface area contributed by atoms with Gasteiger partial charge in [-0.2, -0.15) is 0 Å². The van der Waals surface area contributed by atoms with E-state index in [1.165, 1.54) is 0 Å². The topological polar surface area (TPSA) is 139 Å². The molecule has 9 heteroatoms. The number of carboxylic acids is 1. The minimum Gasteiger partial charge on any atom is -0.481 e. The summed E-state index contributed by atoms with van der Waals surface area (Å²) in [5.41, 5.74) is 0. The molecule has 19 heavy (non-hydrogen) atoms. The van der Waals surface area contributed by atoms with E-state index in [1.807, 2.05) is 0 Å². The monoisotopic (exact) mass is 293 g/mol. The number of nitrogens with two attached hydrogens (primary N) is 1. The normalized spacial score (nSPS) is 23.0. The molecule has 110 valence electrons. The van der Waals surface area contributed by atoms with Crippen LogP contribution >= 0.6 is 0 Å².